The van der Waals surface area contributed by atoms with Gasteiger partial charge < -0.3 is 15.4 Å². The summed E-state index contributed by atoms with van der Waals surface area (Å²) in [4.78, 5) is 26.6. The maximum absolute atomic E-state index is 14.2. The Labute approximate surface area is 177 Å². The normalized spacial score (nSPS) is 16.0. The smallest absolute Gasteiger partial charge is 0.338 e. The summed E-state index contributed by atoms with van der Waals surface area (Å²) in [6.45, 7) is 5.77. The zero-order chi connectivity index (χ0) is 21.7. The van der Waals surface area contributed by atoms with E-state index in [1.807, 2.05) is 6.92 Å². The van der Waals surface area contributed by atoms with Gasteiger partial charge in [-0.3, -0.25) is 4.79 Å². The summed E-state index contributed by atoms with van der Waals surface area (Å²) in [5.41, 5.74) is 8.62. The fourth-order valence-electron chi connectivity index (χ4n) is 4.23. The third-order valence-electron chi connectivity index (χ3n) is 5.76. The first-order valence-corrected chi connectivity index (χ1v) is 10.5. The van der Waals surface area contributed by atoms with Crippen LogP contribution in [0.2, 0.25) is 0 Å². The average molecular weight is 413 g/mol. The molecule has 1 amide bonds. The second kappa shape index (κ2) is 9.74. The first kappa shape index (κ1) is 21.8. The molecular weight excluding hydrogens is 383 g/mol. The Morgan fingerprint density at radius 1 is 1.10 bits per heavy atom. The van der Waals surface area contributed by atoms with E-state index in [1.54, 1.807) is 37.3 Å². The van der Waals surface area contributed by atoms with Gasteiger partial charge in [0.2, 0.25) is 5.91 Å². The molecule has 0 aromatic heterocycles. The molecule has 1 saturated heterocycles. The maximum atomic E-state index is 14.2. The molecule has 0 spiro atoms. The quantitative estimate of drug-likeness (QED) is 0.686. The van der Waals surface area contributed by atoms with Crippen LogP contribution in [0.15, 0.2) is 42.5 Å². The zero-order valence-electron chi connectivity index (χ0n) is 17.6. The lowest BCUT2D eigenvalue weighted by Crippen LogP contribution is -2.32. The van der Waals surface area contributed by atoms with Crippen molar-refractivity contribution in [2.24, 2.45) is 5.73 Å². The number of carbonyl (C=O) groups is 2. The molecule has 2 aromatic rings. The molecule has 2 N–H and O–H groups in total. The predicted octanol–water partition coefficient (Wildman–Crippen LogP) is 4.37. The fourth-order valence-corrected chi connectivity index (χ4v) is 4.23. The standard InChI is InChI=1S/C24H29FN2O3/c1-3-30-24(29)18-9-7-17(8-10-18)22(23(26)28)16(2)20-15-19(25)11-12-21(20)27-13-5-4-6-14-27/h7-12,15-16,22H,3-6,13-14H2,1-2H3,(H2,26,28). The molecule has 2 unspecified atom stereocenters. The number of hydrogen-bond acceptors (Lipinski definition) is 4. The Morgan fingerprint density at radius 3 is 2.37 bits per heavy atom. The van der Waals surface area contributed by atoms with Crippen molar-refractivity contribution in [3.63, 3.8) is 0 Å². The van der Waals surface area contributed by atoms with Crippen LogP contribution in [0.25, 0.3) is 0 Å². The highest BCUT2D eigenvalue weighted by atomic mass is 19.1. The van der Waals surface area contributed by atoms with E-state index in [2.05, 4.69) is 4.90 Å². The molecule has 0 radical (unpaired) electrons. The van der Waals surface area contributed by atoms with E-state index in [9.17, 15) is 14.0 Å². The number of halogens is 1. The number of hydrogen-bond donors (Lipinski definition) is 1. The number of primary amides is 1. The molecule has 3 rings (SSSR count). The lowest BCUT2D eigenvalue weighted by Gasteiger charge is -2.33. The maximum Gasteiger partial charge on any atom is 0.338 e. The molecule has 5 nitrogen and oxygen atoms in total. The number of nitrogens with zero attached hydrogens (tertiary/aromatic N) is 1. The summed E-state index contributed by atoms with van der Waals surface area (Å²) in [7, 11) is 0. The minimum absolute atomic E-state index is 0.292. The molecule has 2 atom stereocenters. The van der Waals surface area contributed by atoms with Crippen LogP contribution in [0, 0.1) is 5.82 Å². The minimum Gasteiger partial charge on any atom is -0.462 e. The average Bonchev–Trinajstić information content (AvgIpc) is 2.75. The molecule has 1 aliphatic rings. The molecule has 0 aliphatic carbocycles. The van der Waals surface area contributed by atoms with Crippen molar-refractivity contribution in [2.75, 3.05) is 24.6 Å². The van der Waals surface area contributed by atoms with E-state index in [0.717, 1.165) is 37.2 Å². The Kier molecular flexibility index (Phi) is 7.08. The number of anilines is 1. The van der Waals surface area contributed by atoms with Gasteiger partial charge in [-0.2, -0.15) is 0 Å². The summed E-state index contributed by atoms with van der Waals surface area (Å²) in [6, 6.07) is 11.5. The van der Waals surface area contributed by atoms with Gasteiger partial charge in [-0.25, -0.2) is 9.18 Å². The second-order valence-electron chi connectivity index (χ2n) is 7.76. The Bertz CT molecular complexity index is 892. The van der Waals surface area contributed by atoms with Gasteiger partial charge in [0.15, 0.2) is 0 Å². The Morgan fingerprint density at radius 2 is 1.77 bits per heavy atom. The first-order valence-electron chi connectivity index (χ1n) is 10.5. The molecule has 1 heterocycles. The first-order chi connectivity index (χ1) is 14.4. The van der Waals surface area contributed by atoms with Crippen LogP contribution in [-0.4, -0.2) is 31.6 Å². The highest BCUT2D eigenvalue weighted by Crippen LogP contribution is 2.39. The van der Waals surface area contributed by atoms with Crippen molar-refractivity contribution >= 4 is 17.6 Å². The van der Waals surface area contributed by atoms with Crippen molar-refractivity contribution in [2.45, 2.75) is 44.9 Å². The van der Waals surface area contributed by atoms with Crippen molar-refractivity contribution < 1.29 is 18.7 Å². The third kappa shape index (κ3) is 4.81. The van der Waals surface area contributed by atoms with Gasteiger partial charge in [0.1, 0.15) is 5.82 Å². The minimum atomic E-state index is -0.647. The molecule has 0 saturated carbocycles. The highest BCUT2D eigenvalue weighted by Gasteiger charge is 2.29. The number of amides is 1. The monoisotopic (exact) mass is 412 g/mol. The van der Waals surface area contributed by atoms with Crippen LogP contribution in [-0.2, 0) is 9.53 Å². The van der Waals surface area contributed by atoms with Gasteiger partial charge in [0.05, 0.1) is 18.1 Å². The molecular formula is C24H29FN2O3. The largest absolute Gasteiger partial charge is 0.462 e. The van der Waals surface area contributed by atoms with Gasteiger partial charge in [0, 0.05) is 18.8 Å². The number of ether oxygens (including phenoxy) is 1. The third-order valence-corrected chi connectivity index (χ3v) is 5.76. The summed E-state index contributed by atoms with van der Waals surface area (Å²) >= 11 is 0. The number of nitrogens with two attached hydrogens (primary N) is 1. The number of carbonyl (C=O) groups excluding carboxylic acids is 2. The van der Waals surface area contributed by atoms with E-state index >= 15 is 0 Å². The second-order valence-corrected chi connectivity index (χ2v) is 7.76. The molecule has 6 heteroatoms. The predicted molar refractivity (Wildman–Crippen MR) is 115 cm³/mol. The van der Waals surface area contributed by atoms with E-state index < -0.39 is 17.8 Å². The van der Waals surface area contributed by atoms with E-state index in [1.165, 1.54) is 18.6 Å². The molecule has 1 fully saturated rings. The van der Waals surface area contributed by atoms with Crippen molar-refractivity contribution in [1.82, 2.24) is 0 Å². The van der Waals surface area contributed by atoms with Gasteiger partial charge in [-0.1, -0.05) is 19.1 Å². The summed E-state index contributed by atoms with van der Waals surface area (Å²) in [5, 5.41) is 0. The number of benzene rings is 2. The topological polar surface area (TPSA) is 72.6 Å². The van der Waals surface area contributed by atoms with E-state index in [-0.39, 0.29) is 11.7 Å². The lowest BCUT2D eigenvalue weighted by molar-refractivity contribution is -0.119. The zero-order valence-corrected chi connectivity index (χ0v) is 17.6. The van der Waals surface area contributed by atoms with Crippen molar-refractivity contribution in [3.05, 3.63) is 65.0 Å². The SMILES string of the molecule is CCOC(=O)c1ccc(C(C(N)=O)C(C)c2cc(F)ccc2N2CCCCC2)cc1. The summed E-state index contributed by atoms with van der Waals surface area (Å²) in [6.07, 6.45) is 3.39. The molecule has 30 heavy (non-hydrogen) atoms. The number of piperidine rings is 1. The van der Waals surface area contributed by atoms with E-state index in [0.29, 0.717) is 17.7 Å². The van der Waals surface area contributed by atoms with E-state index in [4.69, 9.17) is 10.5 Å². The number of esters is 1. The Hall–Kier alpha value is -2.89. The Balaban J connectivity index is 1.94. The molecule has 160 valence electrons. The molecule has 0 bridgehead atoms. The lowest BCUT2D eigenvalue weighted by atomic mass is 9.81. The molecule has 1 aliphatic heterocycles. The van der Waals surface area contributed by atoms with Crippen LogP contribution >= 0.6 is 0 Å². The van der Waals surface area contributed by atoms with Gasteiger partial charge in [-0.05, 0) is 73.6 Å². The summed E-state index contributed by atoms with van der Waals surface area (Å²) < 4.78 is 19.2. The molecule has 2 aromatic carbocycles. The highest BCUT2D eigenvalue weighted by molar-refractivity contribution is 5.90. The van der Waals surface area contributed by atoms with Crippen LogP contribution in [0.4, 0.5) is 10.1 Å². The van der Waals surface area contributed by atoms with Gasteiger partial charge >= 0.3 is 5.97 Å². The van der Waals surface area contributed by atoms with Crippen LogP contribution < -0.4 is 10.6 Å². The fraction of sp³-hybridized carbons (Fsp3) is 0.417. The van der Waals surface area contributed by atoms with Gasteiger partial charge in [-0.15, -0.1) is 0 Å². The summed E-state index contributed by atoms with van der Waals surface area (Å²) in [5.74, 6) is -2.21. The van der Waals surface area contributed by atoms with Crippen LogP contribution in [0.5, 0.6) is 0 Å². The van der Waals surface area contributed by atoms with Crippen molar-refractivity contribution in [3.8, 4) is 0 Å². The van der Waals surface area contributed by atoms with Crippen LogP contribution in [0.1, 0.15) is 66.4 Å². The number of rotatable bonds is 7. The van der Waals surface area contributed by atoms with Crippen LogP contribution in [0.3, 0.4) is 0 Å². The van der Waals surface area contributed by atoms with Gasteiger partial charge in [0.25, 0.3) is 0 Å². The van der Waals surface area contributed by atoms with Crippen molar-refractivity contribution in [1.29, 1.82) is 0 Å².